The zero-order valence-corrected chi connectivity index (χ0v) is 15.5. The summed E-state index contributed by atoms with van der Waals surface area (Å²) in [5, 5.41) is 0. The number of anilines is 1. The molecule has 2 fully saturated rings. The zero-order valence-electron chi connectivity index (χ0n) is 15.5. The van der Waals surface area contributed by atoms with Crippen LogP contribution < -0.4 is 10.5 Å². The highest BCUT2D eigenvalue weighted by Crippen LogP contribution is 2.27. The van der Waals surface area contributed by atoms with Gasteiger partial charge in [0.2, 0.25) is 5.95 Å². The SMILES string of the molecule is C[C@H]1CN(c2nc3c(c(=O)[nH]2)CCN(C2CCCCC2)C3)C[C@H](C)O1. The average Bonchev–Trinajstić information content (AvgIpc) is 2.61. The van der Waals surface area contributed by atoms with Gasteiger partial charge in [-0.3, -0.25) is 14.7 Å². The maximum absolute atomic E-state index is 12.6. The van der Waals surface area contributed by atoms with Crippen molar-refractivity contribution in [3.05, 3.63) is 21.6 Å². The molecule has 0 amide bonds. The lowest BCUT2D eigenvalue weighted by Gasteiger charge is -2.38. The van der Waals surface area contributed by atoms with Crippen molar-refractivity contribution in [1.29, 1.82) is 0 Å². The number of nitrogens with one attached hydrogen (secondary N) is 1. The Labute approximate surface area is 149 Å². The van der Waals surface area contributed by atoms with Crippen molar-refractivity contribution in [3.8, 4) is 0 Å². The van der Waals surface area contributed by atoms with Gasteiger partial charge < -0.3 is 9.64 Å². The van der Waals surface area contributed by atoms with E-state index in [1.165, 1.54) is 32.1 Å². The number of hydrogen-bond acceptors (Lipinski definition) is 5. The molecule has 1 aliphatic carbocycles. The molecule has 6 nitrogen and oxygen atoms in total. The molecule has 1 aromatic rings. The number of fused-ring (bicyclic) bond motifs is 1. The molecule has 1 N–H and O–H groups in total. The van der Waals surface area contributed by atoms with Gasteiger partial charge in [0, 0.05) is 37.8 Å². The molecule has 0 radical (unpaired) electrons. The summed E-state index contributed by atoms with van der Waals surface area (Å²) in [6.07, 6.45) is 7.78. The summed E-state index contributed by atoms with van der Waals surface area (Å²) in [6, 6.07) is 0.676. The molecule has 6 heteroatoms. The lowest BCUT2D eigenvalue weighted by Crippen LogP contribution is -2.47. The molecular formula is C19H30N4O2. The number of rotatable bonds is 2. The van der Waals surface area contributed by atoms with Crippen molar-refractivity contribution in [2.45, 2.75) is 77.2 Å². The lowest BCUT2D eigenvalue weighted by atomic mass is 9.92. The van der Waals surface area contributed by atoms with E-state index in [1.54, 1.807) is 0 Å². The smallest absolute Gasteiger partial charge is 0.255 e. The van der Waals surface area contributed by atoms with Gasteiger partial charge >= 0.3 is 0 Å². The maximum atomic E-state index is 12.6. The standard InChI is InChI=1S/C19H30N4O2/c1-13-10-23(11-14(2)25-13)19-20-17-12-22(15-6-4-3-5-7-15)9-8-16(17)18(24)21-19/h13-15H,3-12H2,1-2H3,(H,20,21,24)/t13-,14-/m0/s1. The topological polar surface area (TPSA) is 61.5 Å². The summed E-state index contributed by atoms with van der Waals surface area (Å²) in [4.78, 5) is 25.2. The summed E-state index contributed by atoms with van der Waals surface area (Å²) in [7, 11) is 0. The van der Waals surface area contributed by atoms with E-state index in [0.717, 1.165) is 49.8 Å². The number of nitrogens with zero attached hydrogens (tertiary/aromatic N) is 3. The second-order valence-electron chi connectivity index (χ2n) is 7.99. The number of morpholine rings is 1. The second kappa shape index (κ2) is 7.08. The Bertz CT molecular complexity index is 658. The largest absolute Gasteiger partial charge is 0.372 e. The molecule has 0 unspecified atom stereocenters. The quantitative estimate of drug-likeness (QED) is 0.888. The van der Waals surface area contributed by atoms with Gasteiger partial charge in [0.25, 0.3) is 5.56 Å². The first-order valence-corrected chi connectivity index (χ1v) is 9.86. The Morgan fingerprint density at radius 3 is 2.56 bits per heavy atom. The normalized spacial score (nSPS) is 28.8. The van der Waals surface area contributed by atoms with E-state index in [9.17, 15) is 4.79 Å². The predicted octanol–water partition coefficient (Wildman–Crippen LogP) is 2.07. The number of hydrogen-bond donors (Lipinski definition) is 1. The van der Waals surface area contributed by atoms with Crippen LogP contribution in [0.25, 0.3) is 0 Å². The molecule has 2 aliphatic heterocycles. The zero-order chi connectivity index (χ0) is 17.4. The van der Waals surface area contributed by atoms with Crippen LogP contribution in [0.4, 0.5) is 5.95 Å². The number of aromatic nitrogens is 2. The van der Waals surface area contributed by atoms with Crippen LogP contribution in [0.1, 0.15) is 57.2 Å². The van der Waals surface area contributed by atoms with Crippen molar-refractivity contribution in [3.63, 3.8) is 0 Å². The molecule has 0 aromatic carbocycles. The molecule has 0 bridgehead atoms. The van der Waals surface area contributed by atoms with E-state index >= 15 is 0 Å². The van der Waals surface area contributed by atoms with Crippen molar-refractivity contribution in [2.24, 2.45) is 0 Å². The maximum Gasteiger partial charge on any atom is 0.255 e. The molecule has 4 rings (SSSR count). The summed E-state index contributed by atoms with van der Waals surface area (Å²) < 4.78 is 5.81. The highest BCUT2D eigenvalue weighted by atomic mass is 16.5. The molecule has 1 aromatic heterocycles. The fraction of sp³-hybridized carbons (Fsp3) is 0.789. The van der Waals surface area contributed by atoms with E-state index in [0.29, 0.717) is 6.04 Å². The Morgan fingerprint density at radius 2 is 1.84 bits per heavy atom. The first-order chi connectivity index (χ1) is 12.1. The van der Waals surface area contributed by atoms with Crippen LogP contribution in [0.3, 0.4) is 0 Å². The van der Waals surface area contributed by atoms with Crippen molar-refractivity contribution in [1.82, 2.24) is 14.9 Å². The second-order valence-corrected chi connectivity index (χ2v) is 7.99. The number of aromatic amines is 1. The third-order valence-corrected chi connectivity index (χ3v) is 5.90. The van der Waals surface area contributed by atoms with Crippen LogP contribution in [0.15, 0.2) is 4.79 Å². The lowest BCUT2D eigenvalue weighted by molar-refractivity contribution is -0.00577. The van der Waals surface area contributed by atoms with Crippen LogP contribution in [-0.2, 0) is 17.7 Å². The van der Waals surface area contributed by atoms with E-state index in [4.69, 9.17) is 9.72 Å². The van der Waals surface area contributed by atoms with E-state index < -0.39 is 0 Å². The summed E-state index contributed by atoms with van der Waals surface area (Å²) >= 11 is 0. The molecule has 2 atom stereocenters. The summed E-state index contributed by atoms with van der Waals surface area (Å²) in [5.41, 5.74) is 1.93. The number of ether oxygens (including phenoxy) is 1. The van der Waals surface area contributed by atoms with E-state index in [-0.39, 0.29) is 17.8 Å². The van der Waals surface area contributed by atoms with E-state index in [2.05, 4.69) is 28.6 Å². The minimum absolute atomic E-state index is 0.0510. The molecular weight excluding hydrogens is 316 g/mol. The average molecular weight is 346 g/mol. The van der Waals surface area contributed by atoms with Crippen molar-refractivity contribution >= 4 is 5.95 Å². The first-order valence-electron chi connectivity index (χ1n) is 9.86. The van der Waals surface area contributed by atoms with Gasteiger partial charge in [0.1, 0.15) is 0 Å². The predicted molar refractivity (Wildman–Crippen MR) is 98.1 cm³/mol. The van der Waals surface area contributed by atoms with Crippen LogP contribution >= 0.6 is 0 Å². The highest BCUT2D eigenvalue weighted by molar-refractivity contribution is 5.35. The molecule has 25 heavy (non-hydrogen) atoms. The first kappa shape index (κ1) is 17.0. The monoisotopic (exact) mass is 346 g/mol. The molecule has 1 saturated carbocycles. The van der Waals surface area contributed by atoms with Crippen LogP contribution in [0.2, 0.25) is 0 Å². The van der Waals surface area contributed by atoms with E-state index in [1.807, 2.05) is 0 Å². The third kappa shape index (κ3) is 3.60. The third-order valence-electron chi connectivity index (χ3n) is 5.90. The van der Waals surface area contributed by atoms with Crippen LogP contribution in [0, 0.1) is 0 Å². The minimum Gasteiger partial charge on any atom is -0.372 e. The minimum atomic E-state index is 0.0510. The van der Waals surface area contributed by atoms with Gasteiger partial charge in [-0.05, 0) is 33.1 Å². The molecule has 138 valence electrons. The summed E-state index contributed by atoms with van der Waals surface area (Å²) in [6.45, 7) is 7.52. The van der Waals surface area contributed by atoms with Gasteiger partial charge in [-0.15, -0.1) is 0 Å². The van der Waals surface area contributed by atoms with Crippen molar-refractivity contribution < 1.29 is 4.74 Å². The van der Waals surface area contributed by atoms with Gasteiger partial charge in [-0.2, -0.15) is 0 Å². The molecule has 1 saturated heterocycles. The van der Waals surface area contributed by atoms with Gasteiger partial charge in [0.15, 0.2) is 0 Å². The van der Waals surface area contributed by atoms with Crippen LogP contribution in [-0.4, -0.2) is 52.8 Å². The molecule has 3 heterocycles. The fourth-order valence-corrected chi connectivity index (χ4v) is 4.71. The Hall–Kier alpha value is -1.40. The summed E-state index contributed by atoms with van der Waals surface area (Å²) in [5.74, 6) is 0.719. The van der Waals surface area contributed by atoms with Crippen molar-refractivity contribution in [2.75, 3.05) is 24.5 Å². The van der Waals surface area contributed by atoms with Crippen LogP contribution in [0.5, 0.6) is 0 Å². The Kier molecular flexibility index (Phi) is 4.82. The van der Waals surface area contributed by atoms with Gasteiger partial charge in [-0.25, -0.2) is 4.98 Å². The fourth-order valence-electron chi connectivity index (χ4n) is 4.71. The Morgan fingerprint density at radius 1 is 1.12 bits per heavy atom. The number of H-pyrrole nitrogens is 1. The Balaban J connectivity index is 1.56. The molecule has 0 spiro atoms. The van der Waals surface area contributed by atoms with Gasteiger partial charge in [-0.1, -0.05) is 19.3 Å². The highest BCUT2D eigenvalue weighted by Gasteiger charge is 2.29. The molecule has 3 aliphatic rings. The van der Waals surface area contributed by atoms with Gasteiger partial charge in [0.05, 0.1) is 17.9 Å².